The molecule has 6 N–H and O–H groups in total. The normalized spacial score (nSPS) is 39.5. The van der Waals surface area contributed by atoms with Crippen LogP contribution >= 0.6 is 0 Å². The Balaban J connectivity index is 1.50. The van der Waals surface area contributed by atoms with Crippen LogP contribution in [-0.2, 0) is 23.8 Å². The van der Waals surface area contributed by atoms with Gasteiger partial charge in [-0.05, 0) is 112 Å². The third-order valence-electron chi connectivity index (χ3n) is 11.9. The quantitative estimate of drug-likeness (QED) is 0.256. The summed E-state index contributed by atoms with van der Waals surface area (Å²) < 4.78 is 17.7. The SMILES string of the molecule is COC1CC(CCC(CC(OC(C)=O)C2CC(O)CC3CCC(C(C)C)C(C3)C2)OC(C)=O)C(C2CC[NH2+]C(N)C2)CC1O. The van der Waals surface area contributed by atoms with Gasteiger partial charge < -0.3 is 29.7 Å². The van der Waals surface area contributed by atoms with Crippen molar-refractivity contribution in [3.05, 3.63) is 0 Å². The van der Waals surface area contributed by atoms with Crippen LogP contribution in [0.5, 0.6) is 0 Å². The Kier molecular flexibility index (Phi) is 13.4. The van der Waals surface area contributed by atoms with Crippen LogP contribution in [0.2, 0.25) is 0 Å². The van der Waals surface area contributed by atoms with Crippen molar-refractivity contribution in [1.82, 2.24) is 0 Å². The van der Waals surface area contributed by atoms with Gasteiger partial charge in [-0.2, -0.15) is 0 Å². The maximum Gasteiger partial charge on any atom is 0.302 e. The molecule has 44 heavy (non-hydrogen) atoms. The summed E-state index contributed by atoms with van der Waals surface area (Å²) in [4.78, 5) is 24.8. The van der Waals surface area contributed by atoms with Gasteiger partial charge in [-0.1, -0.05) is 20.3 Å². The topological polar surface area (TPSA) is 145 Å². The number of nitrogens with two attached hydrogens (primary N) is 2. The maximum atomic E-state index is 12.4. The molecule has 0 aromatic rings. The first-order chi connectivity index (χ1) is 20.9. The minimum Gasteiger partial charge on any atom is -0.462 e. The molecule has 3 saturated carbocycles. The average molecular weight is 624 g/mol. The van der Waals surface area contributed by atoms with E-state index in [0.29, 0.717) is 67.1 Å². The van der Waals surface area contributed by atoms with Gasteiger partial charge in [0.25, 0.3) is 0 Å². The Morgan fingerprint density at radius 1 is 0.909 bits per heavy atom. The average Bonchev–Trinajstić information content (AvgIpc) is 2.94. The molecule has 13 unspecified atom stereocenters. The summed E-state index contributed by atoms with van der Waals surface area (Å²) in [6.45, 7) is 8.54. The second-order valence-corrected chi connectivity index (χ2v) is 15.4. The monoisotopic (exact) mass is 623 g/mol. The minimum atomic E-state index is -0.485. The molecular weight excluding hydrogens is 560 g/mol. The summed E-state index contributed by atoms with van der Waals surface area (Å²) >= 11 is 0. The molecule has 0 radical (unpaired) electrons. The molecule has 0 aromatic carbocycles. The lowest BCUT2D eigenvalue weighted by atomic mass is 9.63. The van der Waals surface area contributed by atoms with Gasteiger partial charge in [-0.3, -0.25) is 15.3 Å². The molecule has 9 heteroatoms. The number of esters is 2. The highest BCUT2D eigenvalue weighted by molar-refractivity contribution is 5.66. The third-order valence-corrected chi connectivity index (χ3v) is 11.9. The fourth-order valence-electron chi connectivity index (χ4n) is 9.93. The van der Waals surface area contributed by atoms with Crippen molar-refractivity contribution in [3.63, 3.8) is 0 Å². The molecule has 3 aliphatic carbocycles. The molecule has 4 fully saturated rings. The first-order valence-corrected chi connectivity index (χ1v) is 17.8. The lowest BCUT2D eigenvalue weighted by Crippen LogP contribution is -2.94. The minimum absolute atomic E-state index is 0.0210. The number of carbonyl (C=O) groups excluding carboxylic acids is 2. The largest absolute Gasteiger partial charge is 0.462 e. The number of carbonyl (C=O) groups is 2. The molecule has 1 aliphatic heterocycles. The summed E-state index contributed by atoms with van der Waals surface area (Å²) in [7, 11) is 1.67. The predicted octanol–water partition coefficient (Wildman–Crippen LogP) is 3.53. The van der Waals surface area contributed by atoms with Crippen LogP contribution in [0.4, 0.5) is 0 Å². The zero-order valence-corrected chi connectivity index (χ0v) is 28.1. The number of hydrogen-bond donors (Lipinski definition) is 4. The Bertz CT molecular complexity index is 918. The van der Waals surface area contributed by atoms with Crippen molar-refractivity contribution in [2.45, 2.75) is 148 Å². The Hall–Kier alpha value is -1.26. The molecule has 1 heterocycles. The highest BCUT2D eigenvalue weighted by Crippen LogP contribution is 2.47. The molecular formula is C35H63N2O7+. The number of quaternary nitrogens is 1. The first kappa shape index (κ1) is 35.6. The lowest BCUT2D eigenvalue weighted by Gasteiger charge is -2.45. The van der Waals surface area contributed by atoms with Gasteiger partial charge in [0.05, 0.1) is 24.9 Å². The van der Waals surface area contributed by atoms with Crippen molar-refractivity contribution in [3.8, 4) is 0 Å². The van der Waals surface area contributed by atoms with Gasteiger partial charge in [0.15, 0.2) is 0 Å². The van der Waals surface area contributed by atoms with Crippen LogP contribution in [-0.4, -0.2) is 72.5 Å². The lowest BCUT2D eigenvalue weighted by molar-refractivity contribution is -0.699. The highest BCUT2D eigenvalue weighted by atomic mass is 16.6. The van der Waals surface area contributed by atoms with Crippen LogP contribution in [0, 0.1) is 47.3 Å². The van der Waals surface area contributed by atoms with Crippen molar-refractivity contribution in [2.24, 2.45) is 53.1 Å². The van der Waals surface area contributed by atoms with Crippen molar-refractivity contribution in [1.29, 1.82) is 0 Å². The third kappa shape index (κ3) is 9.87. The van der Waals surface area contributed by atoms with E-state index >= 15 is 0 Å². The summed E-state index contributed by atoms with van der Waals surface area (Å²) in [5, 5.41) is 24.2. The van der Waals surface area contributed by atoms with E-state index in [2.05, 4.69) is 19.2 Å². The standard InChI is InChI=1S/C35H62N2O7/c1-20(2)30-9-6-23-12-26(30)14-27(15-28(40)13-23)33(44-22(4)39)18-29(43-21(3)38)8-7-24-16-34(42-5)32(41)19-31(24)25-10-11-37-35(36)17-25/h20,23-35,37,40-41H,6-19,36H2,1-5H3/p+1. The number of hydrogen-bond acceptors (Lipinski definition) is 8. The van der Waals surface area contributed by atoms with E-state index in [4.69, 9.17) is 19.9 Å². The zero-order chi connectivity index (χ0) is 32.0. The number of piperidine rings is 1. The van der Waals surface area contributed by atoms with Gasteiger partial charge in [0, 0.05) is 33.8 Å². The molecule has 0 aromatic heterocycles. The predicted molar refractivity (Wildman–Crippen MR) is 168 cm³/mol. The number of rotatable bonds is 11. The van der Waals surface area contributed by atoms with E-state index < -0.39 is 24.4 Å². The number of aliphatic hydroxyl groups excluding tert-OH is 2. The first-order valence-electron chi connectivity index (χ1n) is 17.8. The Labute approximate surface area is 265 Å². The van der Waals surface area contributed by atoms with E-state index in [1.165, 1.54) is 26.7 Å². The van der Waals surface area contributed by atoms with Gasteiger partial charge in [-0.25, -0.2) is 0 Å². The van der Waals surface area contributed by atoms with Gasteiger partial charge in [0.1, 0.15) is 18.4 Å². The molecule has 2 bridgehead atoms. The van der Waals surface area contributed by atoms with E-state index in [1.54, 1.807) is 7.11 Å². The summed E-state index contributed by atoms with van der Waals surface area (Å²) in [6.07, 6.45) is 9.50. The van der Waals surface area contributed by atoms with Crippen LogP contribution < -0.4 is 11.1 Å². The smallest absolute Gasteiger partial charge is 0.302 e. The van der Waals surface area contributed by atoms with Crippen molar-refractivity contribution in [2.75, 3.05) is 13.7 Å². The van der Waals surface area contributed by atoms with Crippen LogP contribution in [0.3, 0.4) is 0 Å². The van der Waals surface area contributed by atoms with E-state index in [1.807, 2.05) is 0 Å². The van der Waals surface area contributed by atoms with E-state index in [-0.39, 0.29) is 30.1 Å². The molecule has 4 aliphatic rings. The summed E-state index contributed by atoms with van der Waals surface area (Å²) in [5.41, 5.74) is 6.33. The van der Waals surface area contributed by atoms with Crippen LogP contribution in [0.1, 0.15) is 111 Å². The molecule has 13 atom stereocenters. The fourth-order valence-corrected chi connectivity index (χ4v) is 9.93. The number of methoxy groups -OCH3 is 1. The zero-order valence-electron chi connectivity index (χ0n) is 28.1. The van der Waals surface area contributed by atoms with Crippen LogP contribution in [0.25, 0.3) is 0 Å². The second kappa shape index (κ2) is 16.5. The second-order valence-electron chi connectivity index (χ2n) is 15.4. The molecule has 254 valence electrons. The number of aliphatic hydroxyl groups is 2. The molecule has 0 spiro atoms. The fraction of sp³-hybridized carbons (Fsp3) is 0.943. The van der Waals surface area contributed by atoms with Crippen molar-refractivity contribution >= 4 is 11.9 Å². The Morgan fingerprint density at radius 3 is 2.32 bits per heavy atom. The molecule has 1 saturated heterocycles. The van der Waals surface area contributed by atoms with E-state index in [0.717, 1.165) is 51.5 Å². The highest BCUT2D eigenvalue weighted by Gasteiger charge is 2.43. The van der Waals surface area contributed by atoms with Gasteiger partial charge >= 0.3 is 11.9 Å². The molecule has 9 nitrogen and oxygen atoms in total. The molecule has 0 amide bonds. The number of ether oxygens (including phenoxy) is 3. The summed E-state index contributed by atoms with van der Waals surface area (Å²) in [5.74, 6) is 2.84. The van der Waals surface area contributed by atoms with Crippen molar-refractivity contribution < 1.29 is 39.3 Å². The maximum absolute atomic E-state index is 12.4. The summed E-state index contributed by atoms with van der Waals surface area (Å²) in [6, 6.07) is 0. The van der Waals surface area contributed by atoms with Gasteiger partial charge in [-0.15, -0.1) is 0 Å². The van der Waals surface area contributed by atoms with Gasteiger partial charge in [0.2, 0.25) is 0 Å². The van der Waals surface area contributed by atoms with E-state index in [9.17, 15) is 19.8 Å². The number of fused-ring (bicyclic) bond motifs is 2. The van der Waals surface area contributed by atoms with Crippen LogP contribution in [0.15, 0.2) is 0 Å². The molecule has 4 rings (SSSR count). The Morgan fingerprint density at radius 2 is 1.66 bits per heavy atom.